The van der Waals surface area contributed by atoms with E-state index in [0.29, 0.717) is 16.6 Å². The van der Waals surface area contributed by atoms with Gasteiger partial charge in [0.25, 0.3) is 0 Å². The Morgan fingerprint density at radius 2 is 2.07 bits per heavy atom. The first-order chi connectivity index (χ1) is 7.33. The third-order valence-corrected chi connectivity index (χ3v) is 3.38. The van der Waals surface area contributed by atoms with Crippen LogP contribution in [0.2, 0.25) is 5.15 Å². The topological polar surface area (TPSA) is 36.7 Å². The number of hydrogen-bond donors (Lipinski definition) is 0. The van der Waals surface area contributed by atoms with E-state index in [1.807, 2.05) is 6.07 Å². The molecule has 1 aromatic rings. The Balaban J connectivity index is 2.34. The zero-order valence-corrected chi connectivity index (χ0v) is 9.30. The zero-order valence-electron chi connectivity index (χ0n) is 8.54. The van der Waals surface area contributed by atoms with Crippen molar-refractivity contribution in [3.8, 4) is 6.07 Å². The van der Waals surface area contributed by atoms with Crippen molar-refractivity contribution in [3.63, 3.8) is 0 Å². The maximum atomic E-state index is 9.06. The van der Waals surface area contributed by atoms with Gasteiger partial charge in [0.2, 0.25) is 0 Å². The third-order valence-electron chi connectivity index (χ3n) is 3.09. The summed E-state index contributed by atoms with van der Waals surface area (Å²) in [6, 6.07) is 4.11. The van der Waals surface area contributed by atoms with Crippen molar-refractivity contribution in [3.05, 3.63) is 28.5 Å². The van der Waals surface area contributed by atoms with E-state index in [2.05, 4.69) is 11.1 Å². The summed E-state index contributed by atoms with van der Waals surface area (Å²) in [5, 5.41) is 9.40. The lowest BCUT2D eigenvalue weighted by atomic mass is 9.83. The quantitative estimate of drug-likeness (QED) is 0.678. The second-order valence-electron chi connectivity index (χ2n) is 4.01. The summed E-state index contributed by atoms with van der Waals surface area (Å²) in [6.45, 7) is 0. The van der Waals surface area contributed by atoms with E-state index in [1.165, 1.54) is 32.1 Å². The molecular weight excluding hydrogens is 208 g/mol. The van der Waals surface area contributed by atoms with Crippen LogP contribution in [0.4, 0.5) is 0 Å². The van der Waals surface area contributed by atoms with Crippen LogP contribution in [0.15, 0.2) is 12.3 Å². The largest absolute Gasteiger partial charge is 0.243 e. The zero-order chi connectivity index (χ0) is 10.7. The van der Waals surface area contributed by atoms with Gasteiger partial charge in [0.15, 0.2) is 0 Å². The molecule has 1 aromatic heterocycles. The molecule has 1 fully saturated rings. The van der Waals surface area contributed by atoms with E-state index < -0.39 is 0 Å². The molecule has 0 aliphatic heterocycles. The summed E-state index contributed by atoms with van der Waals surface area (Å²) in [6.07, 6.45) is 7.89. The first-order valence-electron chi connectivity index (χ1n) is 5.37. The Bertz CT molecular complexity index is 389. The van der Waals surface area contributed by atoms with Crippen molar-refractivity contribution in [2.24, 2.45) is 0 Å². The van der Waals surface area contributed by atoms with Crippen LogP contribution in [-0.4, -0.2) is 4.98 Å². The molecule has 1 aliphatic rings. The molecule has 1 saturated carbocycles. The second-order valence-corrected chi connectivity index (χ2v) is 4.37. The summed E-state index contributed by atoms with van der Waals surface area (Å²) in [5.41, 5.74) is 1.67. The van der Waals surface area contributed by atoms with Crippen LogP contribution in [0, 0.1) is 11.3 Å². The molecule has 0 atom stereocenters. The minimum Gasteiger partial charge on any atom is -0.243 e. The first kappa shape index (κ1) is 10.4. The normalized spacial score (nSPS) is 17.3. The maximum Gasteiger partial charge on any atom is 0.147 e. The van der Waals surface area contributed by atoms with Gasteiger partial charge >= 0.3 is 0 Å². The number of hydrogen-bond acceptors (Lipinski definition) is 2. The predicted octanol–water partition coefficient (Wildman–Crippen LogP) is 3.65. The van der Waals surface area contributed by atoms with Gasteiger partial charge in [0, 0.05) is 6.20 Å². The Kier molecular flexibility index (Phi) is 3.23. The van der Waals surface area contributed by atoms with Crippen LogP contribution in [-0.2, 0) is 0 Å². The number of nitrogens with zero attached hydrogens (tertiary/aromatic N) is 2. The van der Waals surface area contributed by atoms with Gasteiger partial charge in [0.1, 0.15) is 11.2 Å². The molecule has 0 unspecified atom stereocenters. The van der Waals surface area contributed by atoms with Crippen molar-refractivity contribution in [2.75, 3.05) is 0 Å². The highest BCUT2D eigenvalue weighted by Crippen LogP contribution is 2.35. The summed E-state index contributed by atoms with van der Waals surface area (Å²) < 4.78 is 0. The van der Waals surface area contributed by atoms with Crippen LogP contribution in [0.3, 0.4) is 0 Å². The fourth-order valence-electron chi connectivity index (χ4n) is 2.31. The van der Waals surface area contributed by atoms with Gasteiger partial charge in [-0.1, -0.05) is 30.9 Å². The predicted molar refractivity (Wildman–Crippen MR) is 59.8 cm³/mol. The van der Waals surface area contributed by atoms with Crippen molar-refractivity contribution >= 4 is 11.6 Å². The minimum atomic E-state index is 0.348. The highest BCUT2D eigenvalue weighted by atomic mass is 35.5. The number of rotatable bonds is 1. The van der Waals surface area contributed by atoms with E-state index in [-0.39, 0.29) is 0 Å². The van der Waals surface area contributed by atoms with Crippen molar-refractivity contribution in [2.45, 2.75) is 38.0 Å². The monoisotopic (exact) mass is 220 g/mol. The van der Waals surface area contributed by atoms with E-state index in [0.717, 1.165) is 5.56 Å². The van der Waals surface area contributed by atoms with Gasteiger partial charge in [-0.15, -0.1) is 0 Å². The maximum absolute atomic E-state index is 9.06. The van der Waals surface area contributed by atoms with Gasteiger partial charge < -0.3 is 0 Å². The molecule has 0 aromatic carbocycles. The molecule has 15 heavy (non-hydrogen) atoms. The molecule has 0 N–H and O–H groups in total. The average Bonchev–Trinajstić information content (AvgIpc) is 2.30. The van der Waals surface area contributed by atoms with Crippen LogP contribution in [0.25, 0.3) is 0 Å². The second kappa shape index (κ2) is 4.63. The molecule has 0 bridgehead atoms. The van der Waals surface area contributed by atoms with Crippen LogP contribution in [0.5, 0.6) is 0 Å². The van der Waals surface area contributed by atoms with Crippen molar-refractivity contribution in [1.29, 1.82) is 5.26 Å². The van der Waals surface area contributed by atoms with E-state index in [1.54, 1.807) is 6.20 Å². The molecule has 78 valence electrons. The van der Waals surface area contributed by atoms with Crippen LogP contribution >= 0.6 is 11.6 Å². The molecule has 1 aliphatic carbocycles. The number of halogens is 1. The standard InChI is InChI=1S/C12H13ClN2/c13-12-11(8-14)10(6-7-15-12)9-4-2-1-3-5-9/h6-7,9H,1-5H2. The van der Waals surface area contributed by atoms with Crippen molar-refractivity contribution in [1.82, 2.24) is 4.98 Å². The van der Waals surface area contributed by atoms with Gasteiger partial charge in [-0.3, -0.25) is 0 Å². The smallest absolute Gasteiger partial charge is 0.147 e. The lowest BCUT2D eigenvalue weighted by molar-refractivity contribution is 0.443. The minimum absolute atomic E-state index is 0.348. The molecule has 2 rings (SSSR count). The van der Waals surface area contributed by atoms with E-state index in [9.17, 15) is 0 Å². The average molecular weight is 221 g/mol. The summed E-state index contributed by atoms with van der Waals surface area (Å²) in [4.78, 5) is 3.95. The molecule has 2 nitrogen and oxygen atoms in total. The number of aromatic nitrogens is 1. The summed E-state index contributed by atoms with van der Waals surface area (Å²) in [5.74, 6) is 0.508. The van der Waals surface area contributed by atoms with Gasteiger partial charge in [-0.2, -0.15) is 5.26 Å². The fourth-order valence-corrected chi connectivity index (χ4v) is 2.52. The fraction of sp³-hybridized carbons (Fsp3) is 0.500. The number of nitriles is 1. The van der Waals surface area contributed by atoms with Gasteiger partial charge in [0.05, 0.1) is 5.56 Å². The lowest BCUT2D eigenvalue weighted by Crippen LogP contribution is -2.07. The van der Waals surface area contributed by atoms with Gasteiger partial charge in [-0.25, -0.2) is 4.98 Å². The van der Waals surface area contributed by atoms with Crippen LogP contribution < -0.4 is 0 Å². The SMILES string of the molecule is N#Cc1c(C2CCCCC2)ccnc1Cl. The van der Waals surface area contributed by atoms with Gasteiger partial charge in [-0.05, 0) is 30.4 Å². The number of pyridine rings is 1. The van der Waals surface area contributed by atoms with E-state index >= 15 is 0 Å². The molecule has 0 saturated heterocycles. The summed E-state index contributed by atoms with van der Waals surface area (Å²) in [7, 11) is 0. The summed E-state index contributed by atoms with van der Waals surface area (Å²) >= 11 is 5.92. The Morgan fingerprint density at radius 3 is 2.73 bits per heavy atom. The molecule has 0 spiro atoms. The first-order valence-corrected chi connectivity index (χ1v) is 5.75. The van der Waals surface area contributed by atoms with Crippen molar-refractivity contribution < 1.29 is 0 Å². The molecule has 3 heteroatoms. The molecule has 0 radical (unpaired) electrons. The third kappa shape index (κ3) is 2.13. The Morgan fingerprint density at radius 1 is 1.33 bits per heavy atom. The van der Waals surface area contributed by atoms with Crippen LogP contribution in [0.1, 0.15) is 49.1 Å². The highest BCUT2D eigenvalue weighted by Gasteiger charge is 2.19. The highest BCUT2D eigenvalue weighted by molar-refractivity contribution is 6.30. The molecule has 0 amide bonds. The Labute approximate surface area is 94.9 Å². The van der Waals surface area contributed by atoms with E-state index in [4.69, 9.17) is 16.9 Å². The lowest BCUT2D eigenvalue weighted by Gasteiger charge is -2.22. The Hall–Kier alpha value is -1.07. The molecule has 1 heterocycles. The molecular formula is C12H13ClN2.